The van der Waals surface area contributed by atoms with Crippen LogP contribution in [-0.4, -0.2) is 39.9 Å². The maximum Gasteiger partial charge on any atom is 0.257 e. The van der Waals surface area contributed by atoms with Crippen molar-refractivity contribution in [2.45, 2.75) is 0 Å². The molecule has 0 aliphatic rings. The quantitative estimate of drug-likeness (QED) is 0.584. The Bertz CT molecular complexity index is 1090. The van der Waals surface area contributed by atoms with Crippen LogP contribution in [0.4, 0.5) is 11.6 Å². The van der Waals surface area contributed by atoms with E-state index in [4.69, 9.17) is 0 Å². The molecule has 0 radical (unpaired) electrons. The molecule has 0 saturated heterocycles. The number of carbonyl (C=O) groups is 1. The van der Waals surface area contributed by atoms with Crippen LogP contribution in [0.5, 0.6) is 0 Å². The Hall–Kier alpha value is -3.74. The van der Waals surface area contributed by atoms with Crippen LogP contribution in [0.1, 0.15) is 10.4 Å². The molecule has 0 saturated carbocycles. The molecule has 27 heavy (non-hydrogen) atoms. The number of hydrogen-bond donors (Lipinski definition) is 2. The summed E-state index contributed by atoms with van der Waals surface area (Å²) in [5.41, 5.74) is 4.02. The van der Waals surface area contributed by atoms with E-state index in [0.29, 0.717) is 17.2 Å². The zero-order valence-electron chi connectivity index (χ0n) is 15.0. The molecule has 0 fully saturated rings. The number of H-pyrrole nitrogens is 1. The number of anilines is 2. The summed E-state index contributed by atoms with van der Waals surface area (Å²) in [6.45, 7) is 0. The van der Waals surface area contributed by atoms with E-state index < -0.39 is 0 Å². The molecule has 7 nitrogen and oxygen atoms in total. The number of hydrogen-bond acceptors (Lipinski definition) is 5. The van der Waals surface area contributed by atoms with E-state index in [1.807, 2.05) is 37.2 Å². The standard InChI is InChI=1S/C20H18N6O/c1-26(2)20-23-10-14(11-24-20)13-3-4-18-16(9-13)17(12-22-18)19(27)25-15-5-7-21-8-6-15/h3-12,22H,1-2H3,(H,21,25,27). The molecular weight excluding hydrogens is 340 g/mol. The highest BCUT2D eigenvalue weighted by atomic mass is 16.1. The minimum Gasteiger partial charge on any atom is -0.360 e. The van der Waals surface area contributed by atoms with E-state index in [2.05, 4.69) is 25.3 Å². The van der Waals surface area contributed by atoms with Gasteiger partial charge in [0.1, 0.15) is 0 Å². The van der Waals surface area contributed by atoms with Crippen molar-refractivity contribution in [1.29, 1.82) is 0 Å². The van der Waals surface area contributed by atoms with Crippen LogP contribution >= 0.6 is 0 Å². The van der Waals surface area contributed by atoms with E-state index in [1.54, 1.807) is 43.1 Å². The number of benzene rings is 1. The molecule has 3 aromatic heterocycles. The van der Waals surface area contributed by atoms with E-state index in [1.165, 1.54) is 0 Å². The van der Waals surface area contributed by atoms with Gasteiger partial charge in [-0.15, -0.1) is 0 Å². The number of nitrogens with zero attached hydrogens (tertiary/aromatic N) is 4. The monoisotopic (exact) mass is 358 g/mol. The van der Waals surface area contributed by atoms with Crippen molar-refractivity contribution in [2.24, 2.45) is 0 Å². The summed E-state index contributed by atoms with van der Waals surface area (Å²) in [5.74, 6) is 0.475. The molecule has 1 aromatic carbocycles. The SMILES string of the molecule is CN(C)c1ncc(-c2ccc3[nH]cc(C(=O)Nc4ccncc4)c3c2)cn1. The van der Waals surface area contributed by atoms with Crippen molar-refractivity contribution in [3.8, 4) is 11.1 Å². The van der Waals surface area contributed by atoms with E-state index in [0.717, 1.165) is 22.0 Å². The van der Waals surface area contributed by atoms with Crippen LogP contribution in [0.25, 0.3) is 22.0 Å². The van der Waals surface area contributed by atoms with Gasteiger partial charge in [0.25, 0.3) is 5.91 Å². The fraction of sp³-hybridized carbons (Fsp3) is 0.100. The first-order valence-electron chi connectivity index (χ1n) is 8.44. The van der Waals surface area contributed by atoms with Crippen LogP contribution < -0.4 is 10.2 Å². The Kier molecular flexibility index (Phi) is 4.25. The fourth-order valence-electron chi connectivity index (χ4n) is 2.82. The summed E-state index contributed by atoms with van der Waals surface area (Å²) in [6, 6.07) is 9.41. The summed E-state index contributed by atoms with van der Waals surface area (Å²) < 4.78 is 0. The highest BCUT2D eigenvalue weighted by Gasteiger charge is 2.13. The number of aromatic nitrogens is 4. The Morgan fingerprint density at radius 2 is 1.78 bits per heavy atom. The molecule has 3 heterocycles. The summed E-state index contributed by atoms with van der Waals surface area (Å²) in [4.78, 5) is 30.3. The normalized spacial score (nSPS) is 10.7. The van der Waals surface area contributed by atoms with Gasteiger partial charge in [-0.1, -0.05) is 6.07 Å². The van der Waals surface area contributed by atoms with Gasteiger partial charge in [0.2, 0.25) is 5.95 Å². The number of nitrogens with one attached hydrogen (secondary N) is 2. The van der Waals surface area contributed by atoms with Crippen molar-refractivity contribution in [3.05, 3.63) is 66.9 Å². The first kappa shape index (κ1) is 16.7. The molecular formula is C20H18N6O. The maximum absolute atomic E-state index is 12.7. The Morgan fingerprint density at radius 1 is 1.04 bits per heavy atom. The number of amides is 1. The first-order valence-corrected chi connectivity index (χ1v) is 8.44. The third kappa shape index (κ3) is 3.35. The van der Waals surface area contributed by atoms with Gasteiger partial charge in [-0.3, -0.25) is 9.78 Å². The summed E-state index contributed by atoms with van der Waals surface area (Å²) in [7, 11) is 3.79. The molecule has 0 aliphatic carbocycles. The molecule has 134 valence electrons. The maximum atomic E-state index is 12.7. The second kappa shape index (κ2) is 6.87. The molecule has 0 aliphatic heterocycles. The lowest BCUT2D eigenvalue weighted by Crippen LogP contribution is -2.12. The predicted octanol–water partition coefficient (Wildman–Crippen LogP) is 3.34. The molecule has 0 spiro atoms. The minimum absolute atomic E-state index is 0.177. The van der Waals surface area contributed by atoms with E-state index in [9.17, 15) is 4.79 Å². The first-order chi connectivity index (χ1) is 13.1. The molecule has 4 rings (SSSR count). The van der Waals surface area contributed by atoms with E-state index in [-0.39, 0.29) is 5.91 Å². The summed E-state index contributed by atoms with van der Waals surface area (Å²) in [6.07, 6.45) is 8.57. The fourth-order valence-corrected chi connectivity index (χ4v) is 2.82. The highest BCUT2D eigenvalue weighted by Crippen LogP contribution is 2.26. The zero-order chi connectivity index (χ0) is 18.8. The zero-order valence-corrected chi connectivity index (χ0v) is 15.0. The summed E-state index contributed by atoms with van der Waals surface area (Å²) in [5, 5.41) is 3.73. The van der Waals surface area contributed by atoms with Crippen LogP contribution in [0.15, 0.2) is 61.3 Å². The molecule has 4 aromatic rings. The second-order valence-electron chi connectivity index (χ2n) is 6.32. The van der Waals surface area contributed by atoms with Gasteiger partial charge < -0.3 is 15.2 Å². The number of fused-ring (bicyclic) bond motifs is 1. The van der Waals surface area contributed by atoms with Crippen molar-refractivity contribution < 1.29 is 4.79 Å². The number of carbonyl (C=O) groups excluding carboxylic acids is 1. The average Bonchev–Trinajstić information content (AvgIpc) is 3.12. The van der Waals surface area contributed by atoms with Gasteiger partial charge in [-0.05, 0) is 29.8 Å². The molecule has 2 N–H and O–H groups in total. The Balaban J connectivity index is 1.67. The Morgan fingerprint density at radius 3 is 2.48 bits per heavy atom. The van der Waals surface area contributed by atoms with Gasteiger partial charge in [0, 0.05) is 67.2 Å². The van der Waals surface area contributed by atoms with Crippen LogP contribution in [0.2, 0.25) is 0 Å². The number of aromatic amines is 1. The lowest BCUT2D eigenvalue weighted by atomic mass is 10.0. The largest absolute Gasteiger partial charge is 0.360 e. The molecule has 7 heteroatoms. The minimum atomic E-state index is -0.177. The summed E-state index contributed by atoms with van der Waals surface area (Å²) >= 11 is 0. The van der Waals surface area contributed by atoms with E-state index >= 15 is 0 Å². The van der Waals surface area contributed by atoms with Gasteiger partial charge in [0.05, 0.1) is 5.56 Å². The van der Waals surface area contributed by atoms with Gasteiger partial charge in [0.15, 0.2) is 0 Å². The predicted molar refractivity (Wildman–Crippen MR) is 106 cm³/mol. The van der Waals surface area contributed by atoms with Gasteiger partial charge >= 0.3 is 0 Å². The van der Waals surface area contributed by atoms with Crippen LogP contribution in [-0.2, 0) is 0 Å². The van der Waals surface area contributed by atoms with Crippen molar-refractivity contribution >= 4 is 28.4 Å². The number of rotatable bonds is 4. The second-order valence-corrected chi connectivity index (χ2v) is 6.32. The molecule has 0 atom stereocenters. The van der Waals surface area contributed by atoms with Gasteiger partial charge in [-0.2, -0.15) is 0 Å². The lowest BCUT2D eigenvalue weighted by molar-refractivity contribution is 0.102. The van der Waals surface area contributed by atoms with Crippen molar-refractivity contribution in [3.63, 3.8) is 0 Å². The Labute approximate surface area is 156 Å². The van der Waals surface area contributed by atoms with Crippen LogP contribution in [0, 0.1) is 0 Å². The topological polar surface area (TPSA) is 86.8 Å². The smallest absolute Gasteiger partial charge is 0.257 e. The van der Waals surface area contributed by atoms with Crippen LogP contribution in [0.3, 0.4) is 0 Å². The average molecular weight is 358 g/mol. The molecule has 0 unspecified atom stereocenters. The van der Waals surface area contributed by atoms with Crippen molar-refractivity contribution in [1.82, 2.24) is 19.9 Å². The molecule has 0 bridgehead atoms. The lowest BCUT2D eigenvalue weighted by Gasteiger charge is -2.10. The third-order valence-corrected chi connectivity index (χ3v) is 4.24. The third-order valence-electron chi connectivity index (χ3n) is 4.24. The van der Waals surface area contributed by atoms with Gasteiger partial charge in [-0.25, -0.2) is 9.97 Å². The highest BCUT2D eigenvalue weighted by molar-refractivity contribution is 6.13. The van der Waals surface area contributed by atoms with Crippen molar-refractivity contribution in [2.75, 3.05) is 24.3 Å². The number of pyridine rings is 1. The molecule has 1 amide bonds.